The van der Waals surface area contributed by atoms with E-state index in [-0.39, 0.29) is 0 Å². The van der Waals surface area contributed by atoms with Gasteiger partial charge in [0.2, 0.25) is 0 Å². The first-order valence-electron chi connectivity index (χ1n) is 3.43. The Labute approximate surface area is 76.1 Å². The van der Waals surface area contributed by atoms with Crippen LogP contribution >= 0.6 is 0 Å². The quantitative estimate of drug-likeness (QED) is 0.683. The average molecular weight is 211 g/mol. The van der Waals surface area contributed by atoms with Gasteiger partial charge in [-0.05, 0) is 18.2 Å². The van der Waals surface area contributed by atoms with Crippen LogP contribution in [0.25, 0.3) is 0 Å². The summed E-state index contributed by atoms with van der Waals surface area (Å²) < 4.78 is 63.2. The minimum Gasteiger partial charge on any atom is -0.435 e. The molecule has 1 aromatic carbocycles. The van der Waals surface area contributed by atoms with E-state index in [1.807, 2.05) is 6.07 Å². The molecular formula is C8H4F5O. The molecule has 6 heteroatoms. The van der Waals surface area contributed by atoms with E-state index < -0.39 is 24.1 Å². The molecule has 0 unspecified atom stereocenters. The number of hydrogen-bond acceptors (Lipinski definition) is 1. The molecular weight excluding hydrogens is 207 g/mol. The zero-order chi connectivity index (χ0) is 10.8. The van der Waals surface area contributed by atoms with Gasteiger partial charge in [0.25, 0.3) is 0 Å². The van der Waals surface area contributed by atoms with Crippen LogP contribution < -0.4 is 4.74 Å². The van der Waals surface area contributed by atoms with Crippen LogP contribution in [0, 0.1) is 6.07 Å². The van der Waals surface area contributed by atoms with Crippen LogP contribution in [-0.4, -0.2) is 6.61 Å². The van der Waals surface area contributed by atoms with E-state index in [4.69, 9.17) is 0 Å². The molecule has 0 heterocycles. The summed E-state index contributed by atoms with van der Waals surface area (Å²) in [5.74, 6) is -0.536. The largest absolute Gasteiger partial charge is 0.435 e. The summed E-state index contributed by atoms with van der Waals surface area (Å²) in [5.41, 5.74) is -1.14. The number of rotatable bonds is 2. The molecule has 0 aliphatic rings. The van der Waals surface area contributed by atoms with Crippen LogP contribution in [0.5, 0.6) is 5.75 Å². The number of alkyl halides is 5. The third kappa shape index (κ3) is 2.86. The second-order valence-corrected chi connectivity index (χ2v) is 2.31. The summed E-state index contributed by atoms with van der Waals surface area (Å²) in [6.45, 7) is -3.14. The fourth-order valence-corrected chi connectivity index (χ4v) is 0.785. The molecule has 14 heavy (non-hydrogen) atoms. The lowest BCUT2D eigenvalue weighted by atomic mass is 10.2. The summed E-state index contributed by atoms with van der Waals surface area (Å²) in [6.07, 6.45) is -4.61. The van der Waals surface area contributed by atoms with Crippen molar-refractivity contribution in [1.82, 2.24) is 0 Å². The highest BCUT2D eigenvalue weighted by molar-refractivity contribution is 5.29. The molecule has 0 aromatic heterocycles. The van der Waals surface area contributed by atoms with Crippen molar-refractivity contribution in [2.75, 3.05) is 0 Å². The lowest BCUT2D eigenvalue weighted by molar-refractivity contribution is -0.138. The van der Waals surface area contributed by atoms with Crippen molar-refractivity contribution in [1.29, 1.82) is 0 Å². The van der Waals surface area contributed by atoms with Gasteiger partial charge in [0.15, 0.2) is 0 Å². The van der Waals surface area contributed by atoms with Gasteiger partial charge < -0.3 is 4.74 Å². The second kappa shape index (κ2) is 3.81. The Kier molecular flexibility index (Phi) is 2.93. The van der Waals surface area contributed by atoms with Gasteiger partial charge in [-0.1, -0.05) is 6.07 Å². The minimum absolute atomic E-state index is 0.464. The molecule has 0 fully saturated rings. The van der Waals surface area contributed by atoms with Crippen molar-refractivity contribution < 1.29 is 26.7 Å². The van der Waals surface area contributed by atoms with Crippen LogP contribution in [0.4, 0.5) is 22.0 Å². The lowest BCUT2D eigenvalue weighted by Crippen LogP contribution is -2.07. The van der Waals surface area contributed by atoms with Crippen LogP contribution in [0.2, 0.25) is 0 Å². The maximum absolute atomic E-state index is 12.0. The first-order chi connectivity index (χ1) is 6.39. The molecule has 1 rings (SSSR count). The summed E-state index contributed by atoms with van der Waals surface area (Å²) >= 11 is 0. The van der Waals surface area contributed by atoms with Gasteiger partial charge in [0, 0.05) is 0 Å². The van der Waals surface area contributed by atoms with Crippen molar-refractivity contribution >= 4 is 0 Å². The predicted octanol–water partition coefficient (Wildman–Crippen LogP) is 3.11. The Morgan fingerprint density at radius 1 is 1.29 bits per heavy atom. The summed E-state index contributed by atoms with van der Waals surface area (Å²) in [5, 5.41) is 0. The average Bonchev–Trinajstić information content (AvgIpc) is 2.01. The number of hydrogen-bond donors (Lipinski definition) is 0. The molecule has 0 aliphatic heterocycles. The molecule has 0 aliphatic carbocycles. The summed E-state index contributed by atoms with van der Waals surface area (Å²) in [6, 6.07) is 4.19. The fraction of sp³-hybridized carbons (Fsp3) is 0.250. The van der Waals surface area contributed by atoms with E-state index in [9.17, 15) is 22.0 Å². The van der Waals surface area contributed by atoms with Gasteiger partial charge in [-0.2, -0.15) is 22.0 Å². The van der Waals surface area contributed by atoms with Crippen molar-refractivity contribution in [3.05, 3.63) is 29.8 Å². The normalized spacial score (nSPS) is 11.9. The molecule has 77 valence electrons. The Balaban J connectivity index is 2.90. The molecule has 0 atom stereocenters. The number of ether oxygens (including phenoxy) is 1. The Hall–Kier alpha value is -1.33. The molecule has 0 amide bonds. The number of benzene rings is 1. The zero-order valence-corrected chi connectivity index (χ0v) is 6.61. The van der Waals surface area contributed by atoms with Crippen LogP contribution in [-0.2, 0) is 6.18 Å². The van der Waals surface area contributed by atoms with Gasteiger partial charge in [-0.3, -0.25) is 0 Å². The van der Waals surface area contributed by atoms with Crippen molar-refractivity contribution in [2.45, 2.75) is 12.8 Å². The van der Waals surface area contributed by atoms with Gasteiger partial charge in [-0.15, -0.1) is 0 Å². The molecule has 1 radical (unpaired) electrons. The van der Waals surface area contributed by atoms with Gasteiger partial charge in [0.1, 0.15) is 5.75 Å². The van der Waals surface area contributed by atoms with Crippen molar-refractivity contribution in [2.24, 2.45) is 0 Å². The van der Waals surface area contributed by atoms with Crippen LogP contribution in [0.15, 0.2) is 18.2 Å². The monoisotopic (exact) mass is 211 g/mol. The fourth-order valence-electron chi connectivity index (χ4n) is 0.785. The molecule has 0 N–H and O–H groups in total. The van der Waals surface area contributed by atoms with E-state index in [0.29, 0.717) is 6.07 Å². The summed E-state index contributed by atoms with van der Waals surface area (Å²) in [4.78, 5) is 0. The molecule has 1 nitrogen and oxygen atoms in total. The lowest BCUT2D eigenvalue weighted by Gasteiger charge is -2.08. The van der Waals surface area contributed by atoms with E-state index in [1.54, 1.807) is 0 Å². The van der Waals surface area contributed by atoms with Gasteiger partial charge in [-0.25, -0.2) is 0 Å². The second-order valence-electron chi connectivity index (χ2n) is 2.31. The highest BCUT2D eigenvalue weighted by Gasteiger charge is 2.31. The van der Waals surface area contributed by atoms with Gasteiger partial charge in [0.05, 0.1) is 5.56 Å². The molecule has 0 saturated carbocycles. The third-order valence-electron chi connectivity index (χ3n) is 1.30. The maximum Gasteiger partial charge on any atom is 0.417 e. The minimum atomic E-state index is -4.61. The first-order valence-corrected chi connectivity index (χ1v) is 3.43. The Bertz CT molecular complexity index is 307. The van der Waals surface area contributed by atoms with Crippen LogP contribution in [0.1, 0.15) is 5.56 Å². The molecule has 0 spiro atoms. The van der Waals surface area contributed by atoms with Gasteiger partial charge >= 0.3 is 12.8 Å². The third-order valence-corrected chi connectivity index (χ3v) is 1.30. The molecule has 0 bridgehead atoms. The van der Waals surface area contributed by atoms with E-state index in [2.05, 4.69) is 4.74 Å². The van der Waals surface area contributed by atoms with E-state index >= 15 is 0 Å². The van der Waals surface area contributed by atoms with Crippen molar-refractivity contribution in [3.63, 3.8) is 0 Å². The topological polar surface area (TPSA) is 9.23 Å². The maximum atomic E-state index is 12.0. The molecule has 1 aromatic rings. The standard InChI is InChI=1S/C8H4F5O/c9-7(10)14-6-3-1-2-5(4-6)8(11,12)13/h1,3-4,7H. The smallest absolute Gasteiger partial charge is 0.417 e. The predicted molar refractivity (Wildman–Crippen MR) is 36.9 cm³/mol. The summed E-state index contributed by atoms with van der Waals surface area (Å²) in [7, 11) is 0. The first kappa shape index (κ1) is 10.7. The van der Waals surface area contributed by atoms with E-state index in [1.165, 1.54) is 0 Å². The van der Waals surface area contributed by atoms with Crippen molar-refractivity contribution in [3.8, 4) is 5.75 Å². The zero-order valence-electron chi connectivity index (χ0n) is 6.61. The highest BCUT2D eigenvalue weighted by Crippen LogP contribution is 2.31. The highest BCUT2D eigenvalue weighted by atomic mass is 19.4. The Morgan fingerprint density at radius 3 is 2.43 bits per heavy atom. The van der Waals surface area contributed by atoms with Crippen LogP contribution in [0.3, 0.4) is 0 Å². The SMILES string of the molecule is FC(F)Oc1cc[c]c(C(F)(F)F)c1. The van der Waals surface area contributed by atoms with E-state index in [0.717, 1.165) is 12.1 Å². The number of halogens is 5. The Morgan fingerprint density at radius 2 is 1.93 bits per heavy atom. The molecule has 0 saturated heterocycles.